The molecule has 3 aromatic rings. The summed E-state index contributed by atoms with van der Waals surface area (Å²) < 4.78 is 0. The maximum absolute atomic E-state index is 13.0. The first-order chi connectivity index (χ1) is 16.4. The SMILES string of the molecule is CCc1cccc(N=C(NC(=O)c2ccc(Cl)cc2)N2CCN(c3cc(C)ccc3C)CC2)c1. The zero-order chi connectivity index (χ0) is 24.1. The number of amides is 1. The minimum atomic E-state index is -0.195. The summed E-state index contributed by atoms with van der Waals surface area (Å²) in [5.74, 6) is 0.382. The molecule has 1 N–H and O–H groups in total. The van der Waals surface area contributed by atoms with Crippen LogP contribution in [0, 0.1) is 13.8 Å². The van der Waals surface area contributed by atoms with E-state index in [4.69, 9.17) is 16.6 Å². The van der Waals surface area contributed by atoms with E-state index >= 15 is 0 Å². The molecule has 6 heteroatoms. The Morgan fingerprint density at radius 3 is 2.41 bits per heavy atom. The minimum absolute atomic E-state index is 0.195. The molecule has 0 spiro atoms. The summed E-state index contributed by atoms with van der Waals surface area (Å²) in [4.78, 5) is 22.5. The van der Waals surface area contributed by atoms with Crippen LogP contribution in [-0.2, 0) is 6.42 Å². The second kappa shape index (κ2) is 10.7. The molecule has 0 aliphatic carbocycles. The monoisotopic (exact) mass is 474 g/mol. The number of rotatable bonds is 4. The van der Waals surface area contributed by atoms with Gasteiger partial charge in [0.2, 0.25) is 5.96 Å². The number of hydrogen-bond donors (Lipinski definition) is 1. The van der Waals surface area contributed by atoms with Crippen LogP contribution in [0.25, 0.3) is 0 Å². The lowest BCUT2D eigenvalue weighted by Gasteiger charge is -2.38. The number of nitrogens with zero attached hydrogens (tertiary/aromatic N) is 3. The number of aliphatic imine (C=N–C) groups is 1. The zero-order valence-electron chi connectivity index (χ0n) is 20.0. The molecule has 0 bridgehead atoms. The lowest BCUT2D eigenvalue weighted by atomic mass is 10.1. The van der Waals surface area contributed by atoms with E-state index in [1.807, 2.05) is 12.1 Å². The molecule has 0 atom stereocenters. The van der Waals surface area contributed by atoms with Gasteiger partial charge in [0.1, 0.15) is 0 Å². The van der Waals surface area contributed by atoms with E-state index in [2.05, 4.69) is 66.2 Å². The van der Waals surface area contributed by atoms with Crippen LogP contribution in [0.5, 0.6) is 0 Å². The van der Waals surface area contributed by atoms with E-state index < -0.39 is 0 Å². The number of hydrogen-bond acceptors (Lipinski definition) is 3. The van der Waals surface area contributed by atoms with Gasteiger partial charge in [0.05, 0.1) is 5.69 Å². The minimum Gasteiger partial charge on any atom is -0.368 e. The Labute approximate surface area is 207 Å². The number of aryl methyl sites for hydroxylation is 3. The van der Waals surface area contributed by atoms with Gasteiger partial charge < -0.3 is 9.80 Å². The van der Waals surface area contributed by atoms with Gasteiger partial charge in [-0.2, -0.15) is 0 Å². The van der Waals surface area contributed by atoms with E-state index in [-0.39, 0.29) is 5.91 Å². The highest BCUT2D eigenvalue weighted by Crippen LogP contribution is 2.23. The Bertz CT molecular complexity index is 1180. The molecule has 0 radical (unpaired) electrons. The highest BCUT2D eigenvalue weighted by molar-refractivity contribution is 6.30. The van der Waals surface area contributed by atoms with Gasteiger partial charge in [-0.25, -0.2) is 4.99 Å². The Balaban J connectivity index is 1.56. The Kier molecular flexibility index (Phi) is 7.53. The maximum Gasteiger partial charge on any atom is 0.257 e. The molecule has 1 amide bonds. The Hall–Kier alpha value is -3.31. The van der Waals surface area contributed by atoms with Gasteiger partial charge in [0.25, 0.3) is 5.91 Å². The Morgan fingerprint density at radius 1 is 0.971 bits per heavy atom. The van der Waals surface area contributed by atoms with Crippen molar-refractivity contribution in [1.29, 1.82) is 0 Å². The fraction of sp³-hybridized carbons (Fsp3) is 0.286. The standard InChI is InChI=1S/C28H31ClN4O/c1-4-22-6-5-7-25(19-22)30-28(31-27(34)23-10-12-24(29)13-11-23)33-16-14-32(15-17-33)26-18-20(2)8-9-21(26)3/h5-13,18-19H,4,14-17H2,1-3H3,(H,30,31,34). The molecule has 1 heterocycles. The van der Waals surface area contributed by atoms with Crippen molar-refractivity contribution in [1.82, 2.24) is 10.2 Å². The molecule has 176 valence electrons. The van der Waals surface area contributed by atoms with Gasteiger partial charge in [-0.15, -0.1) is 0 Å². The molecular formula is C28H31ClN4O. The molecule has 1 fully saturated rings. The zero-order valence-corrected chi connectivity index (χ0v) is 20.8. The summed E-state index contributed by atoms with van der Waals surface area (Å²) in [6, 6.07) is 21.6. The van der Waals surface area contributed by atoms with Gasteiger partial charge >= 0.3 is 0 Å². The third kappa shape index (κ3) is 5.78. The topological polar surface area (TPSA) is 47.9 Å². The predicted octanol–water partition coefficient (Wildman–Crippen LogP) is 5.76. The number of halogens is 1. The van der Waals surface area contributed by atoms with Crippen molar-refractivity contribution in [3.63, 3.8) is 0 Å². The molecular weight excluding hydrogens is 444 g/mol. The summed E-state index contributed by atoms with van der Waals surface area (Å²) in [5, 5.41) is 3.66. The summed E-state index contributed by atoms with van der Waals surface area (Å²) in [6.07, 6.45) is 0.935. The van der Waals surface area contributed by atoms with Crippen molar-refractivity contribution in [3.05, 3.63) is 94.0 Å². The fourth-order valence-corrected chi connectivity index (χ4v) is 4.27. The van der Waals surface area contributed by atoms with Crippen LogP contribution in [0.3, 0.4) is 0 Å². The first kappa shape index (κ1) is 23.8. The normalized spacial score (nSPS) is 14.3. The summed E-state index contributed by atoms with van der Waals surface area (Å²) >= 11 is 6.00. The third-order valence-corrected chi connectivity index (χ3v) is 6.42. The van der Waals surface area contributed by atoms with Gasteiger partial charge in [-0.05, 0) is 79.4 Å². The van der Waals surface area contributed by atoms with Crippen LogP contribution in [0.4, 0.5) is 11.4 Å². The number of carbonyl (C=O) groups is 1. The van der Waals surface area contributed by atoms with E-state index in [0.717, 1.165) is 38.3 Å². The maximum atomic E-state index is 13.0. The van der Waals surface area contributed by atoms with Crippen molar-refractivity contribution in [2.75, 3.05) is 31.1 Å². The summed E-state index contributed by atoms with van der Waals surface area (Å²) in [7, 11) is 0. The average Bonchev–Trinajstić information content (AvgIpc) is 2.85. The molecule has 3 aromatic carbocycles. The molecule has 34 heavy (non-hydrogen) atoms. The van der Waals surface area contributed by atoms with Gasteiger partial charge in [-0.1, -0.05) is 42.8 Å². The lowest BCUT2D eigenvalue weighted by molar-refractivity contribution is 0.0972. The van der Waals surface area contributed by atoms with E-state index in [9.17, 15) is 4.79 Å². The molecule has 0 aromatic heterocycles. The van der Waals surface area contributed by atoms with Crippen molar-refractivity contribution in [3.8, 4) is 0 Å². The van der Waals surface area contributed by atoms with E-state index in [0.29, 0.717) is 16.5 Å². The Morgan fingerprint density at radius 2 is 1.71 bits per heavy atom. The smallest absolute Gasteiger partial charge is 0.257 e. The van der Waals surface area contributed by atoms with Crippen LogP contribution in [-0.4, -0.2) is 42.9 Å². The number of carbonyl (C=O) groups excluding carboxylic acids is 1. The van der Waals surface area contributed by atoms with Crippen LogP contribution < -0.4 is 10.2 Å². The fourth-order valence-electron chi connectivity index (χ4n) is 4.14. The molecule has 0 saturated carbocycles. The van der Waals surface area contributed by atoms with Gasteiger partial charge in [0.15, 0.2) is 0 Å². The largest absolute Gasteiger partial charge is 0.368 e. The average molecular weight is 475 g/mol. The molecule has 5 nitrogen and oxygen atoms in total. The number of piperazine rings is 1. The highest BCUT2D eigenvalue weighted by atomic mass is 35.5. The van der Waals surface area contributed by atoms with Crippen molar-refractivity contribution >= 4 is 34.8 Å². The number of benzene rings is 3. The molecule has 1 aliphatic heterocycles. The highest BCUT2D eigenvalue weighted by Gasteiger charge is 2.23. The van der Waals surface area contributed by atoms with Crippen molar-refractivity contribution in [2.45, 2.75) is 27.2 Å². The van der Waals surface area contributed by atoms with Crippen molar-refractivity contribution in [2.24, 2.45) is 4.99 Å². The second-order valence-corrected chi connectivity index (χ2v) is 9.12. The van der Waals surface area contributed by atoms with Crippen LogP contribution >= 0.6 is 11.6 Å². The van der Waals surface area contributed by atoms with Crippen molar-refractivity contribution < 1.29 is 4.79 Å². The molecule has 1 aliphatic rings. The summed E-state index contributed by atoms with van der Waals surface area (Å²) in [5.41, 5.74) is 6.41. The second-order valence-electron chi connectivity index (χ2n) is 8.68. The van der Waals surface area contributed by atoms with E-state index in [1.165, 1.54) is 22.4 Å². The number of anilines is 1. The first-order valence-corrected chi connectivity index (χ1v) is 12.1. The lowest BCUT2D eigenvalue weighted by Crippen LogP contribution is -2.53. The molecule has 0 unspecified atom stereocenters. The first-order valence-electron chi connectivity index (χ1n) is 11.7. The van der Waals surface area contributed by atoms with E-state index in [1.54, 1.807) is 24.3 Å². The molecule has 1 saturated heterocycles. The number of nitrogens with one attached hydrogen (secondary N) is 1. The van der Waals surface area contributed by atoms with Crippen LogP contribution in [0.15, 0.2) is 71.7 Å². The predicted molar refractivity (Wildman–Crippen MR) is 142 cm³/mol. The molecule has 4 rings (SSSR count). The van der Waals surface area contributed by atoms with Crippen LogP contribution in [0.2, 0.25) is 5.02 Å². The third-order valence-electron chi connectivity index (χ3n) is 6.17. The number of guanidine groups is 1. The van der Waals surface area contributed by atoms with Gasteiger partial charge in [-0.3, -0.25) is 10.1 Å². The van der Waals surface area contributed by atoms with Crippen LogP contribution in [0.1, 0.15) is 34.0 Å². The van der Waals surface area contributed by atoms with Gasteiger partial charge in [0, 0.05) is 42.5 Å². The quantitative estimate of drug-likeness (QED) is 0.386. The summed E-state index contributed by atoms with van der Waals surface area (Å²) in [6.45, 7) is 9.64.